The van der Waals surface area contributed by atoms with Gasteiger partial charge in [0.2, 0.25) is 0 Å². The first-order valence-corrected chi connectivity index (χ1v) is 7.32. The molecule has 0 aromatic heterocycles. The van der Waals surface area contributed by atoms with Crippen molar-refractivity contribution in [3.8, 4) is 0 Å². The van der Waals surface area contributed by atoms with Gasteiger partial charge in [-0.15, -0.1) is 0 Å². The van der Waals surface area contributed by atoms with E-state index >= 15 is 0 Å². The molecule has 6 heteroatoms. The lowest BCUT2D eigenvalue weighted by Gasteiger charge is -2.10. The van der Waals surface area contributed by atoms with Crippen molar-refractivity contribution in [3.05, 3.63) is 0 Å². The molecular weight excluding hydrogens is 238 g/mol. The summed E-state index contributed by atoms with van der Waals surface area (Å²) in [5.74, 6) is 1.94. The van der Waals surface area contributed by atoms with Gasteiger partial charge >= 0.3 is 0 Å². The molecule has 0 aliphatic rings. The molecule has 0 aliphatic carbocycles. The number of nitrogens with zero attached hydrogens (tertiary/aromatic N) is 1. The Morgan fingerprint density at radius 3 is 2.71 bits per heavy atom. The lowest BCUT2D eigenvalue weighted by molar-refractivity contribution is 0.0748. The van der Waals surface area contributed by atoms with Gasteiger partial charge < -0.3 is 20.1 Å². The second-order valence-electron chi connectivity index (χ2n) is 3.29. The first-order valence-electron chi connectivity index (χ1n) is 5.93. The third kappa shape index (κ3) is 11.8. The topological polar surface area (TPSA) is 54.9 Å². The number of methoxy groups -OCH3 is 1. The Morgan fingerprint density at radius 1 is 1.24 bits per heavy atom. The first kappa shape index (κ1) is 16.5. The normalized spacial score (nSPS) is 11.6. The molecular formula is C11H25N3O2S. The minimum Gasteiger partial charge on any atom is -0.382 e. The smallest absolute Gasteiger partial charge is 0.191 e. The minimum atomic E-state index is 0.627. The molecule has 102 valence electrons. The Kier molecular flexibility index (Phi) is 13.2. The van der Waals surface area contributed by atoms with Crippen LogP contribution in [0.25, 0.3) is 0 Å². The highest BCUT2D eigenvalue weighted by Gasteiger charge is 1.95. The number of hydrogen-bond acceptors (Lipinski definition) is 4. The Morgan fingerprint density at radius 2 is 2.06 bits per heavy atom. The molecule has 0 amide bonds. The number of nitrogens with one attached hydrogen (secondary N) is 2. The molecule has 0 aliphatic heterocycles. The van der Waals surface area contributed by atoms with Gasteiger partial charge in [-0.1, -0.05) is 0 Å². The van der Waals surface area contributed by atoms with Crippen LogP contribution in [0.5, 0.6) is 0 Å². The van der Waals surface area contributed by atoms with Crippen LogP contribution >= 0.6 is 11.8 Å². The maximum Gasteiger partial charge on any atom is 0.191 e. The van der Waals surface area contributed by atoms with Crippen molar-refractivity contribution in [1.82, 2.24) is 10.6 Å². The standard InChI is InChI=1S/C11H25N3O2S/c1-4-12-11(14-6-10-17-3)13-5-7-16-9-8-15-2/h4-10H2,1-3H3,(H2,12,13,14). The van der Waals surface area contributed by atoms with Gasteiger partial charge in [0.25, 0.3) is 0 Å². The number of hydrogen-bond donors (Lipinski definition) is 2. The molecule has 0 atom stereocenters. The van der Waals surface area contributed by atoms with Crippen LogP contribution in [0.2, 0.25) is 0 Å². The molecule has 0 unspecified atom stereocenters. The maximum absolute atomic E-state index is 5.34. The highest BCUT2D eigenvalue weighted by atomic mass is 32.2. The Hall–Kier alpha value is -0.460. The zero-order chi connectivity index (χ0) is 12.8. The van der Waals surface area contributed by atoms with Gasteiger partial charge in [0.05, 0.1) is 26.4 Å². The van der Waals surface area contributed by atoms with E-state index in [-0.39, 0.29) is 0 Å². The summed E-state index contributed by atoms with van der Waals surface area (Å²) in [6.45, 7) is 6.41. The van der Waals surface area contributed by atoms with Crippen molar-refractivity contribution in [1.29, 1.82) is 0 Å². The van der Waals surface area contributed by atoms with E-state index in [0.717, 1.165) is 24.8 Å². The summed E-state index contributed by atoms with van der Waals surface area (Å²) >= 11 is 1.82. The van der Waals surface area contributed by atoms with E-state index in [0.29, 0.717) is 26.4 Å². The van der Waals surface area contributed by atoms with Gasteiger partial charge in [0.1, 0.15) is 0 Å². The van der Waals surface area contributed by atoms with E-state index in [2.05, 4.69) is 28.8 Å². The minimum absolute atomic E-state index is 0.627. The zero-order valence-electron chi connectivity index (χ0n) is 11.1. The van der Waals surface area contributed by atoms with Crippen LogP contribution in [-0.4, -0.2) is 64.5 Å². The molecule has 0 radical (unpaired) electrons. The fourth-order valence-corrected chi connectivity index (χ4v) is 1.39. The fourth-order valence-electron chi connectivity index (χ4n) is 1.08. The summed E-state index contributed by atoms with van der Waals surface area (Å²) in [7, 11) is 1.67. The molecule has 0 aromatic rings. The summed E-state index contributed by atoms with van der Waals surface area (Å²) in [6, 6.07) is 0. The maximum atomic E-state index is 5.34. The first-order chi connectivity index (χ1) is 8.35. The molecule has 0 aromatic carbocycles. The number of aliphatic imine (C=N–C) groups is 1. The van der Waals surface area contributed by atoms with E-state index in [1.54, 1.807) is 7.11 Å². The van der Waals surface area contributed by atoms with E-state index in [4.69, 9.17) is 9.47 Å². The van der Waals surface area contributed by atoms with Crippen LogP contribution < -0.4 is 10.6 Å². The second-order valence-corrected chi connectivity index (χ2v) is 4.27. The predicted octanol–water partition coefficient (Wildman–Crippen LogP) is 0.568. The van der Waals surface area contributed by atoms with Crippen LogP contribution in [0.3, 0.4) is 0 Å². The number of rotatable bonds is 10. The van der Waals surface area contributed by atoms with Gasteiger partial charge in [0, 0.05) is 26.0 Å². The van der Waals surface area contributed by atoms with Gasteiger partial charge in [-0.3, -0.25) is 4.99 Å². The average Bonchev–Trinajstić information content (AvgIpc) is 2.34. The van der Waals surface area contributed by atoms with Crippen LogP contribution in [0.1, 0.15) is 6.92 Å². The lowest BCUT2D eigenvalue weighted by atomic mass is 10.6. The van der Waals surface area contributed by atoms with Crippen molar-refractivity contribution in [2.75, 3.05) is 58.6 Å². The molecule has 2 N–H and O–H groups in total. The summed E-state index contributed by atoms with van der Waals surface area (Å²) < 4.78 is 10.2. The van der Waals surface area contributed by atoms with Crippen molar-refractivity contribution in [2.24, 2.45) is 4.99 Å². The summed E-state index contributed by atoms with van der Waals surface area (Å²) in [4.78, 5) is 4.40. The summed E-state index contributed by atoms with van der Waals surface area (Å²) in [5.41, 5.74) is 0. The number of ether oxygens (including phenoxy) is 2. The molecule has 0 saturated carbocycles. The Labute approximate surface area is 109 Å². The monoisotopic (exact) mass is 263 g/mol. The molecule has 0 bridgehead atoms. The quantitative estimate of drug-likeness (QED) is 0.343. The van der Waals surface area contributed by atoms with Crippen LogP contribution in [0.15, 0.2) is 4.99 Å². The van der Waals surface area contributed by atoms with Crippen molar-refractivity contribution >= 4 is 17.7 Å². The lowest BCUT2D eigenvalue weighted by Crippen LogP contribution is -2.38. The van der Waals surface area contributed by atoms with Gasteiger partial charge in [-0.2, -0.15) is 11.8 Å². The van der Waals surface area contributed by atoms with Crippen molar-refractivity contribution in [3.63, 3.8) is 0 Å². The van der Waals surface area contributed by atoms with Crippen LogP contribution in [0.4, 0.5) is 0 Å². The summed E-state index contributed by atoms with van der Waals surface area (Å²) in [5, 5.41) is 6.45. The Balaban J connectivity index is 3.62. The largest absolute Gasteiger partial charge is 0.382 e. The SMILES string of the molecule is CCNC(=NCCOCCOC)NCCSC. The number of thioether (sulfide) groups is 1. The van der Waals surface area contributed by atoms with Gasteiger partial charge in [-0.25, -0.2) is 0 Å². The van der Waals surface area contributed by atoms with Gasteiger partial charge in [-0.05, 0) is 13.2 Å². The summed E-state index contributed by atoms with van der Waals surface area (Å²) in [6.07, 6.45) is 2.09. The third-order valence-corrected chi connectivity index (χ3v) is 2.49. The van der Waals surface area contributed by atoms with Crippen LogP contribution in [0, 0.1) is 0 Å². The zero-order valence-corrected chi connectivity index (χ0v) is 11.9. The second kappa shape index (κ2) is 13.6. The third-order valence-electron chi connectivity index (χ3n) is 1.88. The molecule has 5 nitrogen and oxygen atoms in total. The van der Waals surface area contributed by atoms with Crippen molar-refractivity contribution < 1.29 is 9.47 Å². The van der Waals surface area contributed by atoms with E-state index in [9.17, 15) is 0 Å². The highest BCUT2D eigenvalue weighted by molar-refractivity contribution is 7.98. The van der Waals surface area contributed by atoms with E-state index < -0.39 is 0 Å². The van der Waals surface area contributed by atoms with E-state index in [1.807, 2.05) is 11.8 Å². The molecule has 17 heavy (non-hydrogen) atoms. The average molecular weight is 263 g/mol. The Bertz CT molecular complexity index is 192. The predicted molar refractivity (Wildman–Crippen MR) is 75.1 cm³/mol. The molecule has 0 saturated heterocycles. The van der Waals surface area contributed by atoms with Crippen molar-refractivity contribution in [2.45, 2.75) is 6.92 Å². The molecule has 0 fully saturated rings. The molecule has 0 rings (SSSR count). The number of guanidine groups is 1. The van der Waals surface area contributed by atoms with Gasteiger partial charge in [0.15, 0.2) is 5.96 Å². The fraction of sp³-hybridized carbons (Fsp3) is 0.909. The van der Waals surface area contributed by atoms with Crippen LogP contribution in [-0.2, 0) is 9.47 Å². The molecule has 0 heterocycles. The van der Waals surface area contributed by atoms with E-state index in [1.165, 1.54) is 0 Å². The molecule has 0 spiro atoms. The highest BCUT2D eigenvalue weighted by Crippen LogP contribution is 1.87.